The smallest absolute Gasteiger partial charge is 0.142 e. The maximum atomic E-state index is 13.4. The molecule has 0 heterocycles. The van der Waals surface area contributed by atoms with Crippen molar-refractivity contribution >= 4 is 23.2 Å². The Morgan fingerprint density at radius 3 is 2.48 bits per heavy atom. The normalized spacial score (nSPS) is 12.2. The molecule has 5 heteroatoms. The maximum absolute atomic E-state index is 13.4. The lowest BCUT2D eigenvalue weighted by atomic mass is 10.1. The molecule has 0 amide bonds. The predicted molar refractivity (Wildman–Crippen MR) is 84.9 cm³/mol. The molecule has 0 bridgehead atoms. The van der Waals surface area contributed by atoms with Gasteiger partial charge in [0, 0.05) is 11.1 Å². The molecule has 2 aromatic carbocycles. The first-order valence-corrected chi connectivity index (χ1v) is 7.33. The van der Waals surface area contributed by atoms with Crippen molar-refractivity contribution in [1.82, 2.24) is 5.32 Å². The van der Waals surface area contributed by atoms with Crippen molar-refractivity contribution in [2.45, 2.75) is 12.5 Å². The van der Waals surface area contributed by atoms with Gasteiger partial charge in [0.15, 0.2) is 0 Å². The van der Waals surface area contributed by atoms with Crippen molar-refractivity contribution in [1.29, 1.82) is 0 Å². The van der Waals surface area contributed by atoms with Crippen molar-refractivity contribution in [2.75, 3.05) is 13.7 Å². The Kier molecular flexibility index (Phi) is 5.85. The van der Waals surface area contributed by atoms with Crippen LogP contribution < -0.4 is 10.1 Å². The molecular weight excluding hydrogens is 312 g/mol. The predicted octanol–water partition coefficient (Wildman–Crippen LogP) is 4.34. The van der Waals surface area contributed by atoms with Gasteiger partial charge in [-0.3, -0.25) is 0 Å². The number of hydrogen-bond donors (Lipinski definition) is 1. The summed E-state index contributed by atoms with van der Waals surface area (Å²) in [4.78, 5) is 0. The summed E-state index contributed by atoms with van der Waals surface area (Å²) in [5.41, 5.74) is 0.871. The van der Waals surface area contributed by atoms with E-state index in [1.165, 1.54) is 6.07 Å². The minimum atomic E-state index is -0.400. The molecule has 2 nitrogen and oxygen atoms in total. The highest BCUT2D eigenvalue weighted by Crippen LogP contribution is 2.18. The lowest BCUT2D eigenvalue weighted by Crippen LogP contribution is -2.33. The molecule has 112 valence electrons. The number of hydrogen-bond acceptors (Lipinski definition) is 2. The van der Waals surface area contributed by atoms with E-state index < -0.39 is 5.82 Å². The molecule has 0 aromatic heterocycles. The zero-order chi connectivity index (χ0) is 15.2. The molecule has 21 heavy (non-hydrogen) atoms. The Balaban J connectivity index is 1.93. The van der Waals surface area contributed by atoms with Gasteiger partial charge >= 0.3 is 0 Å². The molecular formula is C16H16Cl2FNO. The highest BCUT2D eigenvalue weighted by molar-refractivity contribution is 6.30. The van der Waals surface area contributed by atoms with Crippen molar-refractivity contribution in [3.05, 3.63) is 63.9 Å². The SMILES string of the molecule is CNC(COc1ccc(Cl)cc1)Cc1ccc(Cl)c(F)c1. The summed E-state index contributed by atoms with van der Waals surface area (Å²) in [6, 6.07) is 12.1. The molecule has 1 N–H and O–H groups in total. The minimum absolute atomic E-state index is 0.0706. The highest BCUT2D eigenvalue weighted by Gasteiger charge is 2.10. The minimum Gasteiger partial charge on any atom is -0.492 e. The second-order valence-electron chi connectivity index (χ2n) is 4.70. The number of ether oxygens (including phenoxy) is 1. The molecule has 0 radical (unpaired) electrons. The number of halogens is 3. The summed E-state index contributed by atoms with van der Waals surface area (Å²) in [5, 5.41) is 3.97. The van der Waals surface area contributed by atoms with Gasteiger partial charge in [-0.15, -0.1) is 0 Å². The van der Waals surface area contributed by atoms with Gasteiger partial charge in [0.1, 0.15) is 18.2 Å². The monoisotopic (exact) mass is 327 g/mol. The Hall–Kier alpha value is -1.29. The quantitative estimate of drug-likeness (QED) is 0.852. The Morgan fingerprint density at radius 2 is 1.86 bits per heavy atom. The number of rotatable bonds is 6. The van der Waals surface area contributed by atoms with Crippen LogP contribution in [0.15, 0.2) is 42.5 Å². The van der Waals surface area contributed by atoms with Crippen LogP contribution in [-0.4, -0.2) is 19.7 Å². The van der Waals surface area contributed by atoms with Gasteiger partial charge in [-0.25, -0.2) is 4.39 Å². The second kappa shape index (κ2) is 7.64. The molecule has 2 rings (SSSR count). The van der Waals surface area contributed by atoms with E-state index in [0.717, 1.165) is 11.3 Å². The first kappa shape index (κ1) is 16.1. The fourth-order valence-electron chi connectivity index (χ4n) is 1.92. The third-order valence-electron chi connectivity index (χ3n) is 3.14. The fraction of sp³-hybridized carbons (Fsp3) is 0.250. The first-order valence-electron chi connectivity index (χ1n) is 6.58. The third-order valence-corrected chi connectivity index (χ3v) is 3.70. The molecule has 1 atom stereocenters. The van der Waals surface area contributed by atoms with E-state index in [0.29, 0.717) is 18.1 Å². The van der Waals surface area contributed by atoms with Gasteiger partial charge in [-0.1, -0.05) is 29.3 Å². The van der Waals surface area contributed by atoms with E-state index in [9.17, 15) is 4.39 Å². The largest absolute Gasteiger partial charge is 0.492 e. The molecule has 0 saturated carbocycles. The topological polar surface area (TPSA) is 21.3 Å². The summed E-state index contributed by atoms with van der Waals surface area (Å²) in [7, 11) is 1.85. The van der Waals surface area contributed by atoms with Gasteiger partial charge < -0.3 is 10.1 Å². The third kappa shape index (κ3) is 4.88. The van der Waals surface area contributed by atoms with E-state index in [1.807, 2.05) is 25.2 Å². The van der Waals surface area contributed by atoms with Crippen molar-refractivity contribution in [3.8, 4) is 5.75 Å². The Bertz CT molecular complexity index is 589. The average molecular weight is 328 g/mol. The highest BCUT2D eigenvalue weighted by atomic mass is 35.5. The van der Waals surface area contributed by atoms with Crippen molar-refractivity contribution in [2.24, 2.45) is 0 Å². The van der Waals surface area contributed by atoms with Crippen LogP contribution in [0.3, 0.4) is 0 Å². The van der Waals surface area contributed by atoms with Gasteiger partial charge in [-0.05, 0) is 55.4 Å². The van der Waals surface area contributed by atoms with E-state index >= 15 is 0 Å². The van der Waals surface area contributed by atoms with Crippen LogP contribution in [-0.2, 0) is 6.42 Å². The van der Waals surface area contributed by atoms with Gasteiger partial charge in [-0.2, -0.15) is 0 Å². The van der Waals surface area contributed by atoms with Crippen molar-refractivity contribution in [3.63, 3.8) is 0 Å². The van der Waals surface area contributed by atoms with Crippen LogP contribution in [0.5, 0.6) is 5.75 Å². The second-order valence-corrected chi connectivity index (χ2v) is 5.55. The molecule has 0 aliphatic carbocycles. The van der Waals surface area contributed by atoms with Gasteiger partial charge in [0.25, 0.3) is 0 Å². The summed E-state index contributed by atoms with van der Waals surface area (Å²) >= 11 is 11.5. The summed E-state index contributed by atoms with van der Waals surface area (Å²) < 4.78 is 19.1. The Labute approximate surface area is 133 Å². The van der Waals surface area contributed by atoms with Crippen LogP contribution in [0.1, 0.15) is 5.56 Å². The Morgan fingerprint density at radius 1 is 1.14 bits per heavy atom. The average Bonchev–Trinajstić information content (AvgIpc) is 2.49. The van der Waals surface area contributed by atoms with Crippen LogP contribution >= 0.6 is 23.2 Å². The summed E-state index contributed by atoms with van der Waals surface area (Å²) in [5.74, 6) is 0.351. The maximum Gasteiger partial charge on any atom is 0.142 e. The molecule has 1 unspecified atom stereocenters. The number of likely N-dealkylation sites (N-methyl/N-ethyl adjacent to an activating group) is 1. The number of benzene rings is 2. The molecule has 0 aliphatic rings. The zero-order valence-corrected chi connectivity index (χ0v) is 13.1. The molecule has 0 spiro atoms. The summed E-state index contributed by atoms with van der Waals surface area (Å²) in [6.45, 7) is 0.475. The first-order chi connectivity index (χ1) is 10.1. The van der Waals surface area contributed by atoms with Crippen LogP contribution in [0.2, 0.25) is 10.0 Å². The standard InChI is InChI=1S/C16H16Cl2FNO/c1-20-13(8-11-2-7-15(18)16(19)9-11)10-21-14-5-3-12(17)4-6-14/h2-7,9,13,20H,8,10H2,1H3. The van der Waals surface area contributed by atoms with E-state index in [-0.39, 0.29) is 11.1 Å². The molecule has 0 aliphatic heterocycles. The number of nitrogens with one attached hydrogen (secondary N) is 1. The molecule has 0 saturated heterocycles. The van der Waals surface area contributed by atoms with Gasteiger partial charge in [0.2, 0.25) is 0 Å². The fourth-order valence-corrected chi connectivity index (χ4v) is 2.17. The van der Waals surface area contributed by atoms with Crippen LogP contribution in [0, 0.1) is 5.82 Å². The lowest BCUT2D eigenvalue weighted by molar-refractivity contribution is 0.269. The van der Waals surface area contributed by atoms with Crippen LogP contribution in [0.4, 0.5) is 4.39 Å². The van der Waals surface area contributed by atoms with Gasteiger partial charge in [0.05, 0.1) is 5.02 Å². The molecule has 2 aromatic rings. The van der Waals surface area contributed by atoms with Crippen molar-refractivity contribution < 1.29 is 9.13 Å². The lowest BCUT2D eigenvalue weighted by Gasteiger charge is -2.17. The van der Waals surface area contributed by atoms with Crippen LogP contribution in [0.25, 0.3) is 0 Å². The van der Waals surface area contributed by atoms with E-state index in [4.69, 9.17) is 27.9 Å². The zero-order valence-electron chi connectivity index (χ0n) is 11.6. The molecule has 0 fully saturated rings. The summed E-state index contributed by atoms with van der Waals surface area (Å²) in [6.07, 6.45) is 0.651. The van der Waals surface area contributed by atoms with E-state index in [1.54, 1.807) is 18.2 Å². The van der Waals surface area contributed by atoms with E-state index in [2.05, 4.69) is 5.32 Å².